The molecule has 1 atom stereocenters. The molecule has 1 aromatic carbocycles. The summed E-state index contributed by atoms with van der Waals surface area (Å²) in [4.78, 5) is 16.6. The number of amides is 1. The minimum Gasteiger partial charge on any atom is -0.350 e. The van der Waals surface area contributed by atoms with Gasteiger partial charge in [0.2, 0.25) is 5.91 Å². The zero-order valence-corrected chi connectivity index (χ0v) is 13.9. The predicted molar refractivity (Wildman–Crippen MR) is 94.7 cm³/mol. The van der Waals surface area contributed by atoms with Gasteiger partial charge >= 0.3 is 0 Å². The highest BCUT2D eigenvalue weighted by molar-refractivity contribution is 6.30. The summed E-state index contributed by atoms with van der Waals surface area (Å²) in [6.45, 7) is 0.429. The molecule has 0 saturated carbocycles. The van der Waals surface area contributed by atoms with Gasteiger partial charge in [0.05, 0.1) is 24.7 Å². The van der Waals surface area contributed by atoms with Gasteiger partial charge in [-0.2, -0.15) is 0 Å². The lowest BCUT2D eigenvalue weighted by Crippen LogP contribution is -2.26. The van der Waals surface area contributed by atoms with Gasteiger partial charge in [-0.05, 0) is 42.0 Å². The average molecular weight is 340 g/mol. The number of hydrogen-bond donors (Lipinski definition) is 1. The topological polar surface area (TPSA) is 46.9 Å². The molecule has 5 heteroatoms. The van der Waals surface area contributed by atoms with Crippen molar-refractivity contribution in [3.63, 3.8) is 0 Å². The molecule has 0 unspecified atom stereocenters. The first-order chi connectivity index (χ1) is 11.7. The zero-order chi connectivity index (χ0) is 16.8. The van der Waals surface area contributed by atoms with Crippen molar-refractivity contribution in [1.29, 1.82) is 0 Å². The summed E-state index contributed by atoms with van der Waals surface area (Å²) < 4.78 is 2.03. The predicted octanol–water partition coefficient (Wildman–Crippen LogP) is 3.83. The summed E-state index contributed by atoms with van der Waals surface area (Å²) in [7, 11) is 0. The maximum Gasteiger partial charge on any atom is 0.222 e. The number of carbonyl (C=O) groups excluding carboxylic acids is 1. The molecule has 2 heterocycles. The van der Waals surface area contributed by atoms with Crippen molar-refractivity contribution >= 4 is 17.5 Å². The van der Waals surface area contributed by atoms with Crippen LogP contribution in [0.5, 0.6) is 0 Å². The second kappa shape index (κ2) is 7.79. The highest BCUT2D eigenvalue weighted by Gasteiger charge is 2.17. The molecule has 0 fully saturated rings. The molecule has 0 radical (unpaired) electrons. The molecule has 3 aromatic rings. The Morgan fingerprint density at radius 3 is 2.50 bits per heavy atom. The summed E-state index contributed by atoms with van der Waals surface area (Å²) in [6.07, 6.45) is 6.00. The summed E-state index contributed by atoms with van der Waals surface area (Å²) in [5, 5.41) is 3.62. The van der Waals surface area contributed by atoms with E-state index in [0.29, 0.717) is 18.0 Å². The van der Waals surface area contributed by atoms with E-state index in [1.165, 1.54) is 0 Å². The molecule has 24 heavy (non-hydrogen) atoms. The van der Waals surface area contributed by atoms with Crippen molar-refractivity contribution in [2.45, 2.75) is 19.0 Å². The van der Waals surface area contributed by atoms with Crippen LogP contribution >= 0.6 is 11.6 Å². The Labute approximate surface area is 146 Å². The molecule has 0 bridgehead atoms. The lowest BCUT2D eigenvalue weighted by molar-refractivity contribution is -0.121. The third-order valence-electron chi connectivity index (χ3n) is 3.81. The Hall–Kier alpha value is -2.59. The highest BCUT2D eigenvalue weighted by atomic mass is 35.5. The van der Waals surface area contributed by atoms with Gasteiger partial charge in [-0.1, -0.05) is 29.8 Å². The zero-order valence-electron chi connectivity index (χ0n) is 13.1. The van der Waals surface area contributed by atoms with Crippen LogP contribution in [-0.4, -0.2) is 15.5 Å². The third-order valence-corrected chi connectivity index (χ3v) is 4.07. The second-order valence-electron chi connectivity index (χ2n) is 5.50. The van der Waals surface area contributed by atoms with Crippen LogP contribution in [-0.2, 0) is 11.3 Å². The fourth-order valence-electron chi connectivity index (χ4n) is 2.58. The van der Waals surface area contributed by atoms with Crippen molar-refractivity contribution in [1.82, 2.24) is 14.9 Å². The maximum atomic E-state index is 12.4. The number of carbonyl (C=O) groups is 1. The van der Waals surface area contributed by atoms with E-state index in [-0.39, 0.29) is 11.9 Å². The summed E-state index contributed by atoms with van der Waals surface area (Å²) >= 11 is 5.97. The fourth-order valence-corrected chi connectivity index (χ4v) is 2.70. The smallest absolute Gasteiger partial charge is 0.222 e. The normalized spacial score (nSPS) is 11.9. The minimum absolute atomic E-state index is 0.0192. The van der Waals surface area contributed by atoms with E-state index in [0.717, 1.165) is 11.3 Å². The largest absolute Gasteiger partial charge is 0.350 e. The van der Waals surface area contributed by atoms with Gasteiger partial charge in [0.15, 0.2) is 0 Å². The van der Waals surface area contributed by atoms with Crippen LogP contribution in [0.4, 0.5) is 0 Å². The summed E-state index contributed by atoms with van der Waals surface area (Å²) in [5.74, 6) is -0.0192. The van der Waals surface area contributed by atoms with Gasteiger partial charge in [0.1, 0.15) is 0 Å². The molecule has 0 aliphatic heterocycles. The van der Waals surface area contributed by atoms with Gasteiger partial charge in [-0.15, -0.1) is 0 Å². The number of hydrogen-bond acceptors (Lipinski definition) is 2. The molecule has 4 nitrogen and oxygen atoms in total. The van der Waals surface area contributed by atoms with Gasteiger partial charge < -0.3 is 9.88 Å². The van der Waals surface area contributed by atoms with E-state index < -0.39 is 0 Å². The number of pyridine rings is 1. The molecular formula is C19H18ClN3O. The van der Waals surface area contributed by atoms with Gasteiger partial charge in [0, 0.05) is 23.6 Å². The summed E-state index contributed by atoms with van der Waals surface area (Å²) in [5.41, 5.74) is 1.89. The molecule has 122 valence electrons. The minimum atomic E-state index is -0.0685. The number of nitrogens with zero attached hydrogens (tertiary/aromatic N) is 2. The number of rotatable bonds is 6. The Bertz CT molecular complexity index is 770. The lowest BCUT2D eigenvalue weighted by Gasteiger charge is -2.19. The second-order valence-corrected chi connectivity index (χ2v) is 5.94. The average Bonchev–Trinajstić information content (AvgIpc) is 3.14. The van der Waals surface area contributed by atoms with E-state index in [4.69, 9.17) is 11.6 Å². The van der Waals surface area contributed by atoms with Crippen molar-refractivity contribution in [2.24, 2.45) is 0 Å². The van der Waals surface area contributed by atoms with Crippen LogP contribution < -0.4 is 5.32 Å². The van der Waals surface area contributed by atoms with Crippen LogP contribution in [0.2, 0.25) is 5.02 Å². The molecule has 0 aliphatic carbocycles. The first-order valence-electron chi connectivity index (χ1n) is 7.77. The van der Waals surface area contributed by atoms with E-state index in [1.54, 1.807) is 6.20 Å². The van der Waals surface area contributed by atoms with Gasteiger partial charge in [-0.3, -0.25) is 9.78 Å². The van der Waals surface area contributed by atoms with Crippen LogP contribution in [0.25, 0.3) is 0 Å². The Kier molecular flexibility index (Phi) is 5.29. The monoisotopic (exact) mass is 339 g/mol. The Balaban J connectivity index is 1.70. The van der Waals surface area contributed by atoms with Crippen LogP contribution in [0.1, 0.15) is 23.7 Å². The molecule has 0 aliphatic rings. The first kappa shape index (κ1) is 16.3. The Morgan fingerprint density at radius 2 is 1.83 bits per heavy atom. The fraction of sp³-hybridized carbons (Fsp3) is 0.158. The van der Waals surface area contributed by atoms with Gasteiger partial charge in [-0.25, -0.2) is 0 Å². The van der Waals surface area contributed by atoms with Crippen LogP contribution in [0.15, 0.2) is 73.2 Å². The molecular weight excluding hydrogens is 322 g/mol. The first-order valence-corrected chi connectivity index (χ1v) is 8.15. The highest BCUT2D eigenvalue weighted by Crippen LogP contribution is 2.24. The Morgan fingerprint density at radius 1 is 1.08 bits per heavy atom. The summed E-state index contributed by atoms with van der Waals surface area (Å²) in [6, 6.07) is 17.1. The number of aromatic nitrogens is 2. The standard InChI is InChI=1S/C19H18ClN3O/c20-16-8-6-15(7-9-16)18(23-11-3-4-12-23)13-19(24)22-14-17-5-1-2-10-21-17/h1-12,18H,13-14H2,(H,22,24)/t18-/m1/s1. The van der Waals surface area contributed by atoms with Gasteiger partial charge in [0.25, 0.3) is 0 Å². The molecule has 2 aromatic heterocycles. The number of nitrogens with one attached hydrogen (secondary N) is 1. The lowest BCUT2D eigenvalue weighted by atomic mass is 10.0. The third kappa shape index (κ3) is 4.24. The molecule has 3 rings (SSSR count). The molecule has 0 saturated heterocycles. The van der Waals surface area contributed by atoms with Crippen molar-refractivity contribution in [3.8, 4) is 0 Å². The molecule has 1 N–H and O–H groups in total. The van der Waals surface area contributed by atoms with E-state index in [1.807, 2.05) is 71.6 Å². The maximum absolute atomic E-state index is 12.4. The molecule has 0 spiro atoms. The number of halogens is 1. The SMILES string of the molecule is O=C(C[C@H](c1ccc(Cl)cc1)n1cccc1)NCc1ccccn1. The van der Waals surface area contributed by atoms with Crippen molar-refractivity contribution in [3.05, 3.63) is 89.5 Å². The van der Waals surface area contributed by atoms with Crippen molar-refractivity contribution < 1.29 is 4.79 Å². The van der Waals surface area contributed by atoms with E-state index >= 15 is 0 Å². The van der Waals surface area contributed by atoms with Crippen LogP contribution in [0.3, 0.4) is 0 Å². The van der Waals surface area contributed by atoms with E-state index in [2.05, 4.69) is 10.3 Å². The molecule has 1 amide bonds. The number of benzene rings is 1. The van der Waals surface area contributed by atoms with E-state index in [9.17, 15) is 4.79 Å². The quantitative estimate of drug-likeness (QED) is 0.741. The van der Waals surface area contributed by atoms with Crippen LogP contribution in [0, 0.1) is 0 Å². The van der Waals surface area contributed by atoms with Crippen molar-refractivity contribution in [2.75, 3.05) is 0 Å².